The van der Waals surface area contributed by atoms with E-state index in [2.05, 4.69) is 0 Å². The number of aryl methyl sites for hydroxylation is 1. The summed E-state index contributed by atoms with van der Waals surface area (Å²) in [4.78, 5) is 11.0. The van der Waals surface area contributed by atoms with Crippen LogP contribution >= 0.6 is 0 Å². The summed E-state index contributed by atoms with van der Waals surface area (Å²) in [5.41, 5.74) is 3.37. The van der Waals surface area contributed by atoms with Crippen molar-refractivity contribution in [2.24, 2.45) is 0 Å². The Morgan fingerprint density at radius 2 is 1.79 bits per heavy atom. The van der Waals surface area contributed by atoms with Crippen molar-refractivity contribution in [2.75, 3.05) is 0 Å². The molecule has 2 aromatic rings. The van der Waals surface area contributed by atoms with Crippen molar-refractivity contribution >= 4 is 6.29 Å². The summed E-state index contributed by atoms with van der Waals surface area (Å²) in [7, 11) is 0. The fourth-order valence-corrected chi connectivity index (χ4v) is 1.86. The molecule has 0 saturated heterocycles. The summed E-state index contributed by atoms with van der Waals surface area (Å²) in [6.07, 6.45) is 0.803. The van der Waals surface area contributed by atoms with Crippen molar-refractivity contribution in [1.29, 1.82) is 0 Å². The molecule has 1 N–H and O–H groups in total. The zero-order chi connectivity index (χ0) is 13.7. The standard InChI is InChI=1S/C16H16O3/c1-12-3-2-4-15(10-18)16(12)19-11-14-7-5-13(9-17)6-8-14/h2-8,10,17H,9,11H2,1H3. The first-order valence-corrected chi connectivity index (χ1v) is 6.11. The molecule has 0 spiro atoms. The fraction of sp³-hybridized carbons (Fsp3) is 0.188. The summed E-state index contributed by atoms with van der Waals surface area (Å²) in [5.74, 6) is 0.628. The molecular weight excluding hydrogens is 240 g/mol. The van der Waals surface area contributed by atoms with Crippen LogP contribution in [0, 0.1) is 6.92 Å². The molecule has 0 heterocycles. The average molecular weight is 256 g/mol. The highest BCUT2D eigenvalue weighted by atomic mass is 16.5. The molecule has 0 bridgehead atoms. The predicted molar refractivity (Wildman–Crippen MR) is 73.3 cm³/mol. The summed E-state index contributed by atoms with van der Waals surface area (Å²) in [6, 6.07) is 13.0. The molecule has 0 fully saturated rings. The van der Waals surface area contributed by atoms with Gasteiger partial charge in [0.05, 0.1) is 12.2 Å². The minimum Gasteiger partial charge on any atom is -0.488 e. The molecule has 0 aliphatic rings. The summed E-state index contributed by atoms with van der Waals surface area (Å²) < 4.78 is 5.72. The number of rotatable bonds is 5. The van der Waals surface area contributed by atoms with E-state index in [0.29, 0.717) is 17.9 Å². The molecular formula is C16H16O3. The highest BCUT2D eigenvalue weighted by Gasteiger charge is 2.06. The Balaban J connectivity index is 2.11. The zero-order valence-electron chi connectivity index (χ0n) is 10.8. The number of aliphatic hydroxyl groups is 1. The van der Waals surface area contributed by atoms with Crippen LogP contribution in [0.1, 0.15) is 27.0 Å². The topological polar surface area (TPSA) is 46.5 Å². The van der Waals surface area contributed by atoms with Gasteiger partial charge in [0.15, 0.2) is 6.29 Å². The maximum Gasteiger partial charge on any atom is 0.153 e. The Hall–Kier alpha value is -2.13. The zero-order valence-corrected chi connectivity index (χ0v) is 10.8. The number of ether oxygens (including phenoxy) is 1. The number of para-hydroxylation sites is 1. The first-order valence-electron chi connectivity index (χ1n) is 6.11. The minimum absolute atomic E-state index is 0.0359. The minimum atomic E-state index is 0.0359. The molecule has 98 valence electrons. The Morgan fingerprint density at radius 1 is 1.11 bits per heavy atom. The van der Waals surface area contributed by atoms with Gasteiger partial charge < -0.3 is 9.84 Å². The molecule has 0 atom stereocenters. The maximum atomic E-state index is 11.0. The van der Waals surface area contributed by atoms with E-state index in [1.165, 1.54) is 0 Å². The van der Waals surface area contributed by atoms with Gasteiger partial charge >= 0.3 is 0 Å². The van der Waals surface area contributed by atoms with Gasteiger partial charge in [-0.1, -0.05) is 36.4 Å². The van der Waals surface area contributed by atoms with Gasteiger partial charge in [0, 0.05) is 0 Å². The Morgan fingerprint density at radius 3 is 2.42 bits per heavy atom. The molecule has 0 unspecified atom stereocenters. The van der Waals surface area contributed by atoms with Crippen LogP contribution < -0.4 is 4.74 Å². The average Bonchev–Trinajstić information content (AvgIpc) is 2.46. The van der Waals surface area contributed by atoms with Crippen LogP contribution in [0.25, 0.3) is 0 Å². The van der Waals surface area contributed by atoms with Crippen LogP contribution in [-0.4, -0.2) is 11.4 Å². The second kappa shape index (κ2) is 6.16. The number of carbonyl (C=O) groups excluding carboxylic acids is 1. The lowest BCUT2D eigenvalue weighted by molar-refractivity contribution is 0.111. The number of carbonyl (C=O) groups is 1. The van der Waals surface area contributed by atoms with Crippen LogP contribution in [0.2, 0.25) is 0 Å². The van der Waals surface area contributed by atoms with Crippen LogP contribution in [0.15, 0.2) is 42.5 Å². The number of hydrogen-bond donors (Lipinski definition) is 1. The molecule has 0 radical (unpaired) electrons. The molecule has 0 aromatic heterocycles. The van der Waals surface area contributed by atoms with Crippen LogP contribution in [0.4, 0.5) is 0 Å². The quantitative estimate of drug-likeness (QED) is 0.837. The monoisotopic (exact) mass is 256 g/mol. The molecule has 0 saturated carbocycles. The summed E-state index contributed by atoms with van der Waals surface area (Å²) >= 11 is 0. The lowest BCUT2D eigenvalue weighted by Crippen LogP contribution is -2.00. The molecule has 0 aliphatic heterocycles. The van der Waals surface area contributed by atoms with Crippen molar-refractivity contribution < 1.29 is 14.6 Å². The largest absolute Gasteiger partial charge is 0.488 e. The van der Waals surface area contributed by atoms with E-state index in [-0.39, 0.29) is 6.61 Å². The highest BCUT2D eigenvalue weighted by molar-refractivity contribution is 5.80. The normalized spacial score (nSPS) is 10.2. The van der Waals surface area contributed by atoms with E-state index in [1.54, 1.807) is 6.07 Å². The van der Waals surface area contributed by atoms with E-state index in [1.807, 2.05) is 43.3 Å². The molecule has 0 aliphatic carbocycles. The van der Waals surface area contributed by atoms with Gasteiger partial charge in [-0.3, -0.25) is 4.79 Å². The van der Waals surface area contributed by atoms with E-state index in [4.69, 9.17) is 9.84 Å². The van der Waals surface area contributed by atoms with Gasteiger partial charge in [0.2, 0.25) is 0 Å². The number of aldehydes is 1. The predicted octanol–water partition coefficient (Wildman–Crippen LogP) is 2.88. The van der Waals surface area contributed by atoms with Crippen LogP contribution in [-0.2, 0) is 13.2 Å². The number of aliphatic hydroxyl groups excluding tert-OH is 1. The molecule has 3 nitrogen and oxygen atoms in total. The van der Waals surface area contributed by atoms with Gasteiger partial charge in [-0.05, 0) is 29.7 Å². The first kappa shape index (κ1) is 13.3. The van der Waals surface area contributed by atoms with E-state index < -0.39 is 0 Å². The van der Waals surface area contributed by atoms with Gasteiger partial charge in [-0.15, -0.1) is 0 Å². The summed E-state index contributed by atoms with van der Waals surface area (Å²) in [6.45, 7) is 2.35. The van der Waals surface area contributed by atoms with E-state index >= 15 is 0 Å². The third-order valence-electron chi connectivity index (χ3n) is 2.96. The van der Waals surface area contributed by atoms with Crippen molar-refractivity contribution in [3.8, 4) is 5.75 Å². The number of hydrogen-bond acceptors (Lipinski definition) is 3. The third-order valence-corrected chi connectivity index (χ3v) is 2.96. The van der Waals surface area contributed by atoms with Gasteiger partial charge in [-0.2, -0.15) is 0 Å². The highest BCUT2D eigenvalue weighted by Crippen LogP contribution is 2.23. The second-order valence-electron chi connectivity index (χ2n) is 4.37. The Bertz CT molecular complexity index is 559. The van der Waals surface area contributed by atoms with E-state index in [0.717, 1.165) is 23.0 Å². The van der Waals surface area contributed by atoms with Crippen molar-refractivity contribution in [3.63, 3.8) is 0 Å². The van der Waals surface area contributed by atoms with Crippen LogP contribution in [0.3, 0.4) is 0 Å². The van der Waals surface area contributed by atoms with E-state index in [9.17, 15) is 4.79 Å². The molecule has 19 heavy (non-hydrogen) atoms. The summed E-state index contributed by atoms with van der Waals surface area (Å²) in [5, 5.41) is 8.97. The van der Waals surface area contributed by atoms with Crippen molar-refractivity contribution in [1.82, 2.24) is 0 Å². The third kappa shape index (κ3) is 3.20. The molecule has 2 rings (SSSR count). The first-order chi connectivity index (χ1) is 9.24. The lowest BCUT2D eigenvalue weighted by atomic mass is 10.1. The second-order valence-corrected chi connectivity index (χ2v) is 4.37. The van der Waals surface area contributed by atoms with Crippen molar-refractivity contribution in [2.45, 2.75) is 20.1 Å². The van der Waals surface area contributed by atoms with Gasteiger partial charge in [0.25, 0.3) is 0 Å². The smallest absolute Gasteiger partial charge is 0.153 e. The molecule has 0 amide bonds. The maximum absolute atomic E-state index is 11.0. The van der Waals surface area contributed by atoms with Crippen molar-refractivity contribution in [3.05, 3.63) is 64.7 Å². The van der Waals surface area contributed by atoms with Crippen LogP contribution in [0.5, 0.6) is 5.75 Å². The van der Waals surface area contributed by atoms with Gasteiger partial charge in [0.1, 0.15) is 12.4 Å². The Labute approximate surface area is 112 Å². The fourth-order valence-electron chi connectivity index (χ4n) is 1.86. The lowest BCUT2D eigenvalue weighted by Gasteiger charge is -2.11. The van der Waals surface area contributed by atoms with Gasteiger partial charge in [-0.25, -0.2) is 0 Å². The number of benzene rings is 2. The molecule has 2 aromatic carbocycles. The SMILES string of the molecule is Cc1cccc(C=O)c1OCc1ccc(CO)cc1. The Kier molecular flexibility index (Phi) is 4.31. The molecule has 3 heteroatoms.